The molecule has 0 saturated carbocycles. The summed E-state index contributed by atoms with van der Waals surface area (Å²) in [5.41, 5.74) is 0. The molecule has 0 amide bonds. The zero-order valence-electron chi connectivity index (χ0n) is 36.4. The predicted octanol–water partition coefficient (Wildman–Crippen LogP) is 14.5. The number of esters is 2. The molecule has 0 aromatic rings. The smallest absolute Gasteiger partial charge is 0.306 e. The van der Waals surface area contributed by atoms with Gasteiger partial charge in [-0.2, -0.15) is 0 Å². The molecule has 1 N–H and O–H groups in total. The van der Waals surface area contributed by atoms with Gasteiger partial charge in [-0.3, -0.25) is 9.59 Å². The van der Waals surface area contributed by atoms with Crippen LogP contribution in [-0.2, 0) is 23.8 Å². The van der Waals surface area contributed by atoms with Crippen molar-refractivity contribution < 1.29 is 28.9 Å². The van der Waals surface area contributed by atoms with Crippen LogP contribution >= 0.6 is 0 Å². The summed E-state index contributed by atoms with van der Waals surface area (Å²) in [6.07, 6.45) is 44.7. The molecule has 0 aliphatic heterocycles. The second kappa shape index (κ2) is 44.3. The quantitative estimate of drug-likeness (QED) is 0.0378. The van der Waals surface area contributed by atoms with Crippen LogP contribution in [0.2, 0.25) is 0 Å². The van der Waals surface area contributed by atoms with Gasteiger partial charge in [0.05, 0.1) is 12.7 Å². The molecule has 6 nitrogen and oxygen atoms in total. The number of hydrogen-bond acceptors (Lipinski definition) is 6. The highest BCUT2D eigenvalue weighted by Gasteiger charge is 2.14. The van der Waals surface area contributed by atoms with Gasteiger partial charge in [0.25, 0.3) is 0 Å². The van der Waals surface area contributed by atoms with Crippen molar-refractivity contribution >= 4 is 11.9 Å². The highest BCUT2D eigenvalue weighted by atomic mass is 16.5. The highest BCUT2D eigenvalue weighted by Crippen LogP contribution is 2.19. The summed E-state index contributed by atoms with van der Waals surface area (Å²) in [5, 5.41) is 10.4. The molecule has 0 aliphatic rings. The van der Waals surface area contributed by atoms with Gasteiger partial charge in [-0.15, -0.1) is 0 Å². The van der Waals surface area contributed by atoms with Gasteiger partial charge in [-0.1, -0.05) is 187 Å². The lowest BCUT2D eigenvalue weighted by molar-refractivity contribution is -0.150. The molecule has 0 bridgehead atoms. The third kappa shape index (κ3) is 41.8. The molecule has 0 aromatic carbocycles. The molecule has 0 fully saturated rings. The van der Waals surface area contributed by atoms with Crippen molar-refractivity contribution in [3.8, 4) is 0 Å². The number of aliphatic hydroxyl groups is 1. The number of ether oxygens (including phenoxy) is 3. The average Bonchev–Trinajstić information content (AvgIpc) is 3.16. The van der Waals surface area contributed by atoms with Gasteiger partial charge in [0.2, 0.25) is 0 Å². The minimum Gasteiger partial charge on any atom is -0.462 e. The van der Waals surface area contributed by atoms with Crippen molar-refractivity contribution in [1.29, 1.82) is 0 Å². The first-order chi connectivity index (χ1) is 26.5. The van der Waals surface area contributed by atoms with Crippen LogP contribution in [0.5, 0.6) is 0 Å². The number of unbranched alkanes of at least 4 members (excludes halogenated alkanes) is 25. The summed E-state index contributed by atoms with van der Waals surface area (Å²) in [7, 11) is 0. The zero-order chi connectivity index (χ0) is 39.4. The van der Waals surface area contributed by atoms with Crippen LogP contribution < -0.4 is 0 Å². The lowest BCUT2D eigenvalue weighted by Gasteiger charge is -2.18. The minimum absolute atomic E-state index is 0.0133. The molecule has 6 heteroatoms. The molecule has 0 radical (unpaired) electrons. The van der Waals surface area contributed by atoms with E-state index in [1.54, 1.807) is 0 Å². The van der Waals surface area contributed by atoms with Crippen LogP contribution in [-0.4, -0.2) is 49.1 Å². The van der Waals surface area contributed by atoms with E-state index >= 15 is 0 Å². The van der Waals surface area contributed by atoms with Crippen molar-refractivity contribution in [3.63, 3.8) is 0 Å². The molecule has 0 aliphatic carbocycles. The minimum atomic E-state index is -0.184. The van der Waals surface area contributed by atoms with Gasteiger partial charge in [0, 0.05) is 19.4 Å². The molecule has 54 heavy (non-hydrogen) atoms. The molecule has 0 aromatic heterocycles. The number of aliphatic hydroxyl groups excluding tert-OH is 1. The maximum absolute atomic E-state index is 12.6. The fourth-order valence-corrected chi connectivity index (χ4v) is 7.15. The Morgan fingerprint density at radius 1 is 0.444 bits per heavy atom. The lowest BCUT2D eigenvalue weighted by Crippen LogP contribution is -2.18. The molecule has 0 rings (SSSR count). The maximum Gasteiger partial charge on any atom is 0.306 e. The van der Waals surface area contributed by atoms with E-state index in [-0.39, 0.29) is 24.1 Å². The van der Waals surface area contributed by atoms with Crippen molar-refractivity contribution in [2.45, 2.75) is 264 Å². The summed E-state index contributed by atoms with van der Waals surface area (Å²) >= 11 is 0. The van der Waals surface area contributed by atoms with Crippen LogP contribution in [0.1, 0.15) is 252 Å². The van der Waals surface area contributed by atoms with E-state index < -0.39 is 0 Å². The molecule has 1 unspecified atom stereocenters. The van der Waals surface area contributed by atoms with Crippen LogP contribution in [0.15, 0.2) is 12.2 Å². The summed E-state index contributed by atoms with van der Waals surface area (Å²) in [5.74, 6) is -0.101. The van der Waals surface area contributed by atoms with Crippen molar-refractivity contribution in [3.05, 3.63) is 12.2 Å². The second-order valence-corrected chi connectivity index (χ2v) is 16.2. The second-order valence-electron chi connectivity index (χ2n) is 16.2. The Balaban J connectivity index is 3.68. The van der Waals surface area contributed by atoms with Gasteiger partial charge in [-0.25, -0.2) is 0 Å². The van der Waals surface area contributed by atoms with Gasteiger partial charge < -0.3 is 19.3 Å². The van der Waals surface area contributed by atoms with Crippen LogP contribution in [0.4, 0.5) is 0 Å². The van der Waals surface area contributed by atoms with Crippen LogP contribution in [0, 0.1) is 0 Å². The van der Waals surface area contributed by atoms with E-state index in [4.69, 9.17) is 14.2 Å². The normalized spacial score (nSPS) is 12.2. The Labute approximate surface area is 336 Å². The van der Waals surface area contributed by atoms with Crippen molar-refractivity contribution in [2.24, 2.45) is 0 Å². The summed E-state index contributed by atoms with van der Waals surface area (Å²) in [4.78, 5) is 24.6. The van der Waals surface area contributed by atoms with Gasteiger partial charge in [-0.05, 0) is 63.9 Å². The molecule has 320 valence electrons. The fraction of sp³-hybridized carbons (Fsp3) is 0.917. The average molecular weight is 765 g/mol. The van der Waals surface area contributed by atoms with Crippen LogP contribution in [0.25, 0.3) is 0 Å². The molecule has 0 saturated heterocycles. The van der Waals surface area contributed by atoms with Crippen molar-refractivity contribution in [2.75, 3.05) is 19.8 Å². The van der Waals surface area contributed by atoms with E-state index in [0.29, 0.717) is 26.1 Å². The summed E-state index contributed by atoms with van der Waals surface area (Å²) < 4.78 is 16.9. The Bertz CT molecular complexity index is 782. The van der Waals surface area contributed by atoms with Crippen LogP contribution in [0.3, 0.4) is 0 Å². The van der Waals surface area contributed by atoms with Crippen molar-refractivity contribution in [1.82, 2.24) is 0 Å². The number of carbonyl (C=O) groups excluding carboxylic acids is 2. The Hall–Kier alpha value is -1.40. The van der Waals surface area contributed by atoms with Gasteiger partial charge >= 0.3 is 11.9 Å². The first kappa shape index (κ1) is 52.6. The van der Waals surface area contributed by atoms with E-state index in [0.717, 1.165) is 109 Å². The Kier molecular flexibility index (Phi) is 43.2. The fourth-order valence-electron chi connectivity index (χ4n) is 7.15. The maximum atomic E-state index is 12.6. The number of carbonyl (C=O) groups is 2. The highest BCUT2D eigenvalue weighted by molar-refractivity contribution is 5.69. The number of rotatable bonds is 44. The molecular formula is C48H92O6. The lowest BCUT2D eigenvalue weighted by atomic mass is 10.0. The van der Waals surface area contributed by atoms with Gasteiger partial charge in [0.15, 0.2) is 0 Å². The summed E-state index contributed by atoms with van der Waals surface area (Å²) in [6, 6.07) is 0. The summed E-state index contributed by atoms with van der Waals surface area (Å²) in [6.45, 7) is 8.48. The molecule has 0 heterocycles. The van der Waals surface area contributed by atoms with Gasteiger partial charge in [0.1, 0.15) is 12.7 Å². The zero-order valence-corrected chi connectivity index (χ0v) is 36.4. The monoisotopic (exact) mass is 765 g/mol. The standard InChI is InChI=1S/C48H92O6/c1-4-7-10-13-22-29-38-46(39-30-23-14-11-8-5-2)54-48(51)41-32-25-19-17-21-28-37-45(49)36-27-20-16-18-24-31-40-47(50)53-44-35-34-43-52-42-33-26-15-12-9-6-3/h34-35,45-46,49H,4-33,36-44H2,1-3H3/b35-34-. The molecule has 1 atom stereocenters. The molecule has 0 spiro atoms. The number of hydrogen-bond donors (Lipinski definition) is 1. The van der Waals surface area contributed by atoms with E-state index in [9.17, 15) is 14.7 Å². The predicted molar refractivity (Wildman–Crippen MR) is 230 cm³/mol. The topological polar surface area (TPSA) is 82.1 Å². The Morgan fingerprint density at radius 3 is 1.30 bits per heavy atom. The largest absolute Gasteiger partial charge is 0.462 e. The third-order valence-electron chi connectivity index (χ3n) is 10.8. The first-order valence-corrected chi connectivity index (χ1v) is 23.8. The third-order valence-corrected chi connectivity index (χ3v) is 10.8. The SMILES string of the molecule is CCCCCCCCOC/C=C\COC(=O)CCCCCCCCC(O)CCCCCCCCC(=O)OC(CCCCCCCC)CCCCCCCC. The van der Waals surface area contributed by atoms with E-state index in [1.165, 1.54) is 116 Å². The first-order valence-electron chi connectivity index (χ1n) is 23.8. The van der Waals surface area contributed by atoms with E-state index in [2.05, 4.69) is 20.8 Å². The molecular weight excluding hydrogens is 673 g/mol. The Morgan fingerprint density at radius 2 is 0.815 bits per heavy atom. The van der Waals surface area contributed by atoms with E-state index in [1.807, 2.05) is 12.2 Å².